The Labute approximate surface area is 110 Å². The Balaban J connectivity index is 2.13. The Bertz CT molecular complexity index is 526. The summed E-state index contributed by atoms with van der Waals surface area (Å²) < 4.78 is 8.01. The highest BCUT2D eigenvalue weighted by Crippen LogP contribution is 2.16. The number of aromatic nitrogens is 3. The van der Waals surface area contributed by atoms with Crippen LogP contribution in [0.25, 0.3) is 0 Å². The molecule has 6 heteroatoms. The second-order valence-electron chi connectivity index (χ2n) is 3.91. The van der Waals surface area contributed by atoms with Gasteiger partial charge in [0.2, 0.25) is 0 Å². The molecule has 0 spiro atoms. The van der Waals surface area contributed by atoms with E-state index >= 15 is 0 Å². The van der Waals surface area contributed by atoms with Crippen LogP contribution in [-0.2, 0) is 0 Å². The van der Waals surface area contributed by atoms with Crippen molar-refractivity contribution in [3.05, 3.63) is 41.5 Å². The van der Waals surface area contributed by atoms with Gasteiger partial charge in [0.1, 0.15) is 0 Å². The van der Waals surface area contributed by atoms with Crippen molar-refractivity contribution in [2.75, 3.05) is 0 Å². The molecule has 0 aromatic carbocycles. The number of hydrogen-bond acceptors (Lipinski definition) is 5. The highest BCUT2D eigenvalue weighted by molar-refractivity contribution is 6.99. The normalized spacial score (nSPS) is 12.1. The van der Waals surface area contributed by atoms with E-state index in [-0.39, 0.29) is 11.9 Å². The van der Waals surface area contributed by atoms with Crippen molar-refractivity contribution in [1.29, 1.82) is 0 Å². The molecule has 1 amide bonds. The molecule has 5 nitrogen and oxygen atoms in total. The van der Waals surface area contributed by atoms with Gasteiger partial charge in [0.25, 0.3) is 5.91 Å². The zero-order valence-electron chi connectivity index (χ0n) is 10.3. The Hall–Kier alpha value is -1.82. The molecule has 2 heterocycles. The molecule has 0 bridgehead atoms. The summed E-state index contributed by atoms with van der Waals surface area (Å²) in [7, 11) is 0. The van der Waals surface area contributed by atoms with E-state index in [9.17, 15) is 4.79 Å². The van der Waals surface area contributed by atoms with Gasteiger partial charge in [-0.3, -0.25) is 9.78 Å². The van der Waals surface area contributed by atoms with Gasteiger partial charge in [0.15, 0.2) is 5.69 Å². The summed E-state index contributed by atoms with van der Waals surface area (Å²) in [5, 5.41) is 2.96. The summed E-state index contributed by atoms with van der Waals surface area (Å²) in [6.07, 6.45) is 4.26. The van der Waals surface area contributed by atoms with Gasteiger partial charge in [0.05, 0.1) is 23.5 Å². The second-order valence-corrected chi connectivity index (χ2v) is 4.44. The molecule has 2 rings (SSSR count). The Morgan fingerprint density at radius 1 is 1.39 bits per heavy atom. The van der Waals surface area contributed by atoms with Crippen molar-refractivity contribution in [2.24, 2.45) is 0 Å². The predicted molar refractivity (Wildman–Crippen MR) is 69.4 cm³/mol. The number of nitrogens with one attached hydrogen (secondary N) is 1. The zero-order valence-corrected chi connectivity index (χ0v) is 11.1. The first-order chi connectivity index (χ1) is 8.72. The number of carbonyl (C=O) groups excluding carboxylic acids is 1. The summed E-state index contributed by atoms with van der Waals surface area (Å²) in [6.45, 7) is 3.81. The maximum absolute atomic E-state index is 12.0. The smallest absolute Gasteiger partial charge is 0.273 e. The first-order valence-corrected chi connectivity index (χ1v) is 6.45. The Kier molecular flexibility index (Phi) is 3.99. The first-order valence-electron chi connectivity index (χ1n) is 5.72. The van der Waals surface area contributed by atoms with Crippen molar-refractivity contribution >= 4 is 17.6 Å². The molecule has 0 fully saturated rings. The molecule has 0 aliphatic rings. The SMILES string of the molecule is CCC(NC(=O)c1nsnc1C)c1ccncc1. The fraction of sp³-hybridized carbons (Fsp3) is 0.333. The van der Waals surface area contributed by atoms with Gasteiger partial charge in [-0.2, -0.15) is 8.75 Å². The number of nitrogens with zero attached hydrogens (tertiary/aromatic N) is 3. The van der Waals surface area contributed by atoms with Crippen LogP contribution in [0.5, 0.6) is 0 Å². The van der Waals surface area contributed by atoms with Crippen LogP contribution >= 0.6 is 11.7 Å². The summed E-state index contributed by atoms with van der Waals surface area (Å²) >= 11 is 1.05. The molecule has 18 heavy (non-hydrogen) atoms. The molecule has 1 unspecified atom stereocenters. The number of aryl methyl sites for hydroxylation is 1. The van der Waals surface area contributed by atoms with Gasteiger partial charge in [0, 0.05) is 12.4 Å². The topological polar surface area (TPSA) is 67.8 Å². The van der Waals surface area contributed by atoms with E-state index in [4.69, 9.17) is 0 Å². The van der Waals surface area contributed by atoms with Gasteiger partial charge in [-0.25, -0.2) is 0 Å². The standard InChI is InChI=1S/C12H14N4OS/c1-3-10(9-4-6-13-7-5-9)14-12(17)11-8(2)15-18-16-11/h4-7,10H,3H2,1-2H3,(H,14,17). The molecule has 0 aliphatic heterocycles. The van der Waals surface area contributed by atoms with E-state index in [0.717, 1.165) is 23.7 Å². The second kappa shape index (κ2) is 5.68. The van der Waals surface area contributed by atoms with Crippen LogP contribution in [0.15, 0.2) is 24.5 Å². The third-order valence-electron chi connectivity index (χ3n) is 2.69. The molecule has 2 aromatic rings. The van der Waals surface area contributed by atoms with Gasteiger partial charge in [-0.1, -0.05) is 6.92 Å². The van der Waals surface area contributed by atoms with Crippen LogP contribution in [0, 0.1) is 6.92 Å². The van der Waals surface area contributed by atoms with Crippen LogP contribution in [0.4, 0.5) is 0 Å². The van der Waals surface area contributed by atoms with E-state index < -0.39 is 0 Å². The van der Waals surface area contributed by atoms with E-state index in [0.29, 0.717) is 11.4 Å². The molecule has 2 aromatic heterocycles. The first kappa shape index (κ1) is 12.6. The fourth-order valence-electron chi connectivity index (χ4n) is 1.68. The maximum atomic E-state index is 12.0. The van der Waals surface area contributed by atoms with E-state index in [1.165, 1.54) is 0 Å². The summed E-state index contributed by atoms with van der Waals surface area (Å²) in [6, 6.07) is 3.78. The molecule has 0 radical (unpaired) electrons. The molecular formula is C12H14N4OS. The third-order valence-corrected chi connectivity index (χ3v) is 3.31. The van der Waals surface area contributed by atoms with Gasteiger partial charge in [-0.05, 0) is 31.0 Å². The summed E-state index contributed by atoms with van der Waals surface area (Å²) in [5.41, 5.74) is 2.12. The number of amides is 1. The molecule has 0 saturated heterocycles. The minimum Gasteiger partial charge on any atom is -0.344 e. The average Bonchev–Trinajstić information content (AvgIpc) is 2.83. The number of rotatable bonds is 4. The number of pyridine rings is 1. The molecule has 0 saturated carbocycles. The predicted octanol–water partition coefficient (Wildman–Crippen LogP) is 2.12. The lowest BCUT2D eigenvalue weighted by Gasteiger charge is -2.16. The minimum atomic E-state index is -0.176. The van der Waals surface area contributed by atoms with Gasteiger partial charge >= 0.3 is 0 Å². The Morgan fingerprint density at radius 3 is 2.67 bits per heavy atom. The average molecular weight is 262 g/mol. The summed E-state index contributed by atoms with van der Waals surface area (Å²) in [5.74, 6) is -0.176. The monoisotopic (exact) mass is 262 g/mol. The number of hydrogen-bond donors (Lipinski definition) is 1. The van der Waals surface area contributed by atoms with Crippen molar-refractivity contribution < 1.29 is 4.79 Å². The van der Waals surface area contributed by atoms with Crippen LogP contribution in [0.1, 0.15) is 41.1 Å². The minimum absolute atomic E-state index is 0.0263. The zero-order chi connectivity index (χ0) is 13.0. The number of carbonyl (C=O) groups is 1. The molecular weight excluding hydrogens is 248 g/mol. The highest BCUT2D eigenvalue weighted by Gasteiger charge is 2.18. The van der Waals surface area contributed by atoms with E-state index in [1.807, 2.05) is 19.1 Å². The van der Waals surface area contributed by atoms with E-state index in [2.05, 4.69) is 19.0 Å². The molecule has 1 atom stereocenters. The van der Waals surface area contributed by atoms with Crippen molar-refractivity contribution in [1.82, 2.24) is 19.0 Å². The summed E-state index contributed by atoms with van der Waals surface area (Å²) in [4.78, 5) is 16.0. The quantitative estimate of drug-likeness (QED) is 0.916. The lowest BCUT2D eigenvalue weighted by molar-refractivity contribution is 0.0930. The van der Waals surface area contributed by atoms with Gasteiger partial charge in [-0.15, -0.1) is 0 Å². The van der Waals surface area contributed by atoms with Crippen molar-refractivity contribution in [2.45, 2.75) is 26.3 Å². The van der Waals surface area contributed by atoms with Crippen molar-refractivity contribution in [3.8, 4) is 0 Å². The molecule has 94 valence electrons. The largest absolute Gasteiger partial charge is 0.344 e. The molecule has 1 N–H and O–H groups in total. The van der Waals surface area contributed by atoms with E-state index in [1.54, 1.807) is 19.3 Å². The van der Waals surface area contributed by atoms with Gasteiger partial charge < -0.3 is 5.32 Å². The highest BCUT2D eigenvalue weighted by atomic mass is 32.1. The van der Waals surface area contributed by atoms with Crippen LogP contribution in [0.2, 0.25) is 0 Å². The Morgan fingerprint density at radius 2 is 2.11 bits per heavy atom. The maximum Gasteiger partial charge on any atom is 0.273 e. The fourth-order valence-corrected chi connectivity index (χ4v) is 2.23. The van der Waals surface area contributed by atoms with Crippen molar-refractivity contribution in [3.63, 3.8) is 0 Å². The van der Waals surface area contributed by atoms with Crippen LogP contribution in [0.3, 0.4) is 0 Å². The molecule has 0 aliphatic carbocycles. The van der Waals surface area contributed by atoms with Crippen LogP contribution in [-0.4, -0.2) is 19.6 Å². The lowest BCUT2D eigenvalue weighted by atomic mass is 10.1. The third kappa shape index (κ3) is 2.70. The lowest BCUT2D eigenvalue weighted by Crippen LogP contribution is -2.28. The van der Waals surface area contributed by atoms with Crippen LogP contribution < -0.4 is 5.32 Å².